The molecule has 0 atom stereocenters. The van der Waals surface area contributed by atoms with Gasteiger partial charge >= 0.3 is 8.80 Å². The van der Waals surface area contributed by atoms with Crippen LogP contribution in [0.4, 0.5) is 0 Å². The summed E-state index contributed by atoms with van der Waals surface area (Å²) in [6, 6.07) is 0.728. The predicted molar refractivity (Wildman–Crippen MR) is 58.1 cm³/mol. The van der Waals surface area contributed by atoms with Crippen LogP contribution in [0, 0.1) is 5.92 Å². The molecule has 6 heteroatoms. The van der Waals surface area contributed by atoms with Crippen LogP contribution in [0.2, 0.25) is 6.04 Å². The number of aliphatic imine (C=N–C) groups is 1. The van der Waals surface area contributed by atoms with Crippen molar-refractivity contribution in [2.75, 3.05) is 21.0 Å². The molecule has 0 bridgehead atoms. The van der Waals surface area contributed by atoms with E-state index in [9.17, 15) is 4.79 Å². The summed E-state index contributed by atoms with van der Waals surface area (Å²) in [6.07, 6.45) is 2.37. The highest BCUT2D eigenvalue weighted by molar-refractivity contribution is 6.60. The molecule has 0 saturated carbocycles. The van der Waals surface area contributed by atoms with E-state index < -0.39 is 8.80 Å². The molecule has 0 fully saturated rings. The Hall–Kier alpha value is -0.523. The summed E-state index contributed by atoms with van der Waals surface area (Å²) in [5.74, 6) is 0.556. The molecule has 0 N–H and O–H groups in total. The number of hydrogen-bond donors (Lipinski definition) is 0. The summed E-state index contributed by atoms with van der Waals surface area (Å²) in [4.78, 5) is 13.2. The van der Waals surface area contributed by atoms with E-state index in [4.69, 9.17) is 13.3 Å². The zero-order valence-electron chi connectivity index (χ0n) is 9.78. The van der Waals surface area contributed by atoms with E-state index >= 15 is 0 Å². The molecule has 0 aliphatic rings. The van der Waals surface area contributed by atoms with Gasteiger partial charge < -0.3 is 13.3 Å². The van der Waals surface area contributed by atoms with Gasteiger partial charge in [-0.3, -0.25) is 0 Å². The molecule has 0 unspecified atom stereocenters. The predicted octanol–water partition coefficient (Wildman–Crippen LogP) is 1.57. The fourth-order valence-corrected chi connectivity index (χ4v) is 3.25. The lowest BCUT2D eigenvalue weighted by Gasteiger charge is -2.25. The van der Waals surface area contributed by atoms with Crippen LogP contribution in [0.25, 0.3) is 0 Å². The molecule has 0 aliphatic carbocycles. The van der Waals surface area contributed by atoms with Crippen molar-refractivity contribution in [3.05, 3.63) is 0 Å². The van der Waals surface area contributed by atoms with E-state index in [-0.39, 0.29) is 6.73 Å². The molecule has 0 aromatic rings. The number of carbonyl (C=O) groups excluding carboxylic acids is 1. The van der Waals surface area contributed by atoms with Crippen LogP contribution in [0.1, 0.15) is 20.3 Å². The maximum absolute atomic E-state index is 9.90. The number of rotatable bonds is 8. The van der Waals surface area contributed by atoms with Crippen LogP contribution in [0.15, 0.2) is 4.99 Å². The van der Waals surface area contributed by atoms with Gasteiger partial charge in [0.15, 0.2) is 0 Å². The second-order valence-corrected chi connectivity index (χ2v) is 6.52. The SMILES string of the molecule is CO[Si](CCC(C)C)(OC)OCN=C=O. The van der Waals surface area contributed by atoms with E-state index in [0.717, 1.165) is 12.5 Å². The Bertz CT molecular complexity index is 212. The average Bonchev–Trinajstić information content (AvgIpc) is 2.23. The quantitative estimate of drug-likeness (QED) is 0.363. The number of nitrogens with zero attached hydrogens (tertiary/aromatic N) is 1. The summed E-state index contributed by atoms with van der Waals surface area (Å²) in [5.41, 5.74) is 0. The molecule has 0 radical (unpaired) electrons. The Morgan fingerprint density at radius 2 is 1.93 bits per heavy atom. The molecular formula is C9H19NO4Si. The maximum atomic E-state index is 9.90. The number of hydrogen-bond acceptors (Lipinski definition) is 5. The molecule has 0 aliphatic heterocycles. The molecular weight excluding hydrogens is 214 g/mol. The van der Waals surface area contributed by atoms with Gasteiger partial charge in [-0.15, -0.1) is 0 Å². The minimum atomic E-state index is -2.62. The molecule has 0 amide bonds. The van der Waals surface area contributed by atoms with E-state index in [1.165, 1.54) is 6.08 Å². The van der Waals surface area contributed by atoms with E-state index in [2.05, 4.69) is 18.8 Å². The fraction of sp³-hybridized carbons (Fsp3) is 0.889. The lowest BCUT2D eigenvalue weighted by atomic mass is 10.2. The molecule has 0 saturated heterocycles. The summed E-state index contributed by atoms with van der Waals surface area (Å²) < 4.78 is 16.0. The van der Waals surface area contributed by atoms with Crippen LogP contribution in [-0.2, 0) is 18.1 Å². The smallest absolute Gasteiger partial charge is 0.377 e. The van der Waals surface area contributed by atoms with Gasteiger partial charge in [-0.05, 0) is 12.3 Å². The van der Waals surface area contributed by atoms with Gasteiger partial charge in [0.25, 0.3) is 0 Å². The molecule has 0 spiro atoms. The van der Waals surface area contributed by atoms with Crippen LogP contribution in [-0.4, -0.2) is 35.8 Å². The molecule has 5 nitrogen and oxygen atoms in total. The zero-order valence-corrected chi connectivity index (χ0v) is 10.8. The van der Waals surface area contributed by atoms with Crippen LogP contribution in [0.3, 0.4) is 0 Å². The van der Waals surface area contributed by atoms with Gasteiger partial charge in [0.05, 0.1) is 0 Å². The Kier molecular flexibility index (Phi) is 7.46. The van der Waals surface area contributed by atoms with Crippen molar-refractivity contribution in [3.8, 4) is 0 Å². The van der Waals surface area contributed by atoms with Gasteiger partial charge in [0.1, 0.15) is 6.73 Å². The lowest BCUT2D eigenvalue weighted by Crippen LogP contribution is -2.44. The van der Waals surface area contributed by atoms with Crippen molar-refractivity contribution in [2.24, 2.45) is 10.9 Å². The molecule has 0 aromatic heterocycles. The Labute approximate surface area is 91.8 Å². The van der Waals surface area contributed by atoms with Crippen LogP contribution < -0.4 is 0 Å². The molecule has 88 valence electrons. The lowest BCUT2D eigenvalue weighted by molar-refractivity contribution is 0.0999. The summed E-state index contributed by atoms with van der Waals surface area (Å²) in [6.45, 7) is 4.19. The van der Waals surface area contributed by atoms with Gasteiger partial charge in [-0.1, -0.05) is 13.8 Å². The first kappa shape index (κ1) is 14.5. The van der Waals surface area contributed by atoms with Gasteiger partial charge in [0, 0.05) is 20.3 Å². The third kappa shape index (κ3) is 5.81. The average molecular weight is 233 g/mol. The third-order valence-corrected chi connectivity index (χ3v) is 4.78. The Morgan fingerprint density at radius 3 is 2.33 bits per heavy atom. The zero-order chi connectivity index (χ0) is 11.7. The standard InChI is InChI=1S/C9H19NO4Si/c1-9(2)5-6-15(12-3,13-4)14-8-10-7-11/h9H,5-6,8H2,1-4H3. The monoisotopic (exact) mass is 233 g/mol. The minimum Gasteiger partial charge on any atom is -0.377 e. The topological polar surface area (TPSA) is 57.1 Å². The fourth-order valence-electron chi connectivity index (χ4n) is 1.10. The van der Waals surface area contributed by atoms with Crippen molar-refractivity contribution in [2.45, 2.75) is 26.3 Å². The van der Waals surface area contributed by atoms with E-state index in [0.29, 0.717) is 5.92 Å². The first-order valence-electron chi connectivity index (χ1n) is 4.88. The van der Waals surface area contributed by atoms with Crippen molar-refractivity contribution < 1.29 is 18.1 Å². The molecule has 0 rings (SSSR count). The van der Waals surface area contributed by atoms with Crippen molar-refractivity contribution in [1.29, 1.82) is 0 Å². The van der Waals surface area contributed by atoms with E-state index in [1.54, 1.807) is 14.2 Å². The molecule has 0 aromatic carbocycles. The Balaban J connectivity index is 4.22. The Morgan fingerprint density at radius 1 is 1.33 bits per heavy atom. The second-order valence-electron chi connectivity index (χ2n) is 3.55. The normalized spacial score (nSPS) is 11.5. The third-order valence-electron chi connectivity index (χ3n) is 2.06. The van der Waals surface area contributed by atoms with Crippen molar-refractivity contribution >= 4 is 14.9 Å². The summed E-state index contributed by atoms with van der Waals surface area (Å²) >= 11 is 0. The highest BCUT2D eigenvalue weighted by Crippen LogP contribution is 2.19. The van der Waals surface area contributed by atoms with Gasteiger partial charge in [0.2, 0.25) is 6.08 Å². The highest BCUT2D eigenvalue weighted by Gasteiger charge is 2.38. The minimum absolute atomic E-state index is 0.0461. The largest absolute Gasteiger partial charge is 0.501 e. The summed E-state index contributed by atoms with van der Waals surface area (Å²) in [5, 5.41) is 0. The molecule has 15 heavy (non-hydrogen) atoms. The molecule has 0 heterocycles. The van der Waals surface area contributed by atoms with Crippen LogP contribution in [0.5, 0.6) is 0 Å². The van der Waals surface area contributed by atoms with Gasteiger partial charge in [-0.25, -0.2) is 4.79 Å². The van der Waals surface area contributed by atoms with Crippen LogP contribution >= 0.6 is 0 Å². The van der Waals surface area contributed by atoms with Crippen molar-refractivity contribution in [1.82, 2.24) is 0 Å². The highest BCUT2D eigenvalue weighted by atomic mass is 28.4. The van der Waals surface area contributed by atoms with E-state index in [1.807, 2.05) is 0 Å². The first-order valence-corrected chi connectivity index (χ1v) is 6.81. The van der Waals surface area contributed by atoms with Crippen molar-refractivity contribution in [3.63, 3.8) is 0 Å². The maximum Gasteiger partial charge on any atom is 0.501 e. The summed E-state index contributed by atoms with van der Waals surface area (Å²) in [7, 11) is 0.496. The number of isocyanates is 1. The second kappa shape index (κ2) is 7.73. The van der Waals surface area contributed by atoms with Gasteiger partial charge in [-0.2, -0.15) is 4.99 Å². The first-order chi connectivity index (χ1) is 7.10.